The fourth-order valence-electron chi connectivity index (χ4n) is 2.67. The second-order valence-corrected chi connectivity index (χ2v) is 6.11. The number of nitrogens with zero attached hydrogens (tertiary/aromatic N) is 4. The molecule has 2 heterocycles. The van der Waals surface area contributed by atoms with Crippen molar-refractivity contribution in [3.63, 3.8) is 0 Å². The molecule has 0 atom stereocenters. The number of aromatic nitrogens is 3. The van der Waals surface area contributed by atoms with E-state index in [1.54, 1.807) is 12.1 Å². The standard InChI is InChI=1S/C19H21F3N6O.HI/c1-2-23-18(25-13-17-27-26-16-5-3-4-12-28(16)17)24-11-10-14-6-8-15(9-7-14)29-19(20,21)22;/h3-9,12H,2,10-11,13H2,1H3,(H2,23,24,25);1H. The zero-order chi connectivity index (χ0) is 20.7. The van der Waals surface area contributed by atoms with Crippen LogP contribution in [0.25, 0.3) is 5.65 Å². The number of hydrogen-bond donors (Lipinski definition) is 2. The molecule has 0 aliphatic heterocycles. The quantitative estimate of drug-likeness (QED) is 0.276. The number of nitrogens with one attached hydrogen (secondary N) is 2. The van der Waals surface area contributed by atoms with Gasteiger partial charge in [0.05, 0.1) is 0 Å². The average molecular weight is 534 g/mol. The van der Waals surface area contributed by atoms with Gasteiger partial charge in [-0.2, -0.15) is 0 Å². The number of ether oxygens (including phenoxy) is 1. The molecule has 0 aliphatic carbocycles. The predicted octanol–water partition coefficient (Wildman–Crippen LogP) is 3.54. The summed E-state index contributed by atoms with van der Waals surface area (Å²) in [5.41, 5.74) is 1.64. The molecule has 3 rings (SSSR count). The summed E-state index contributed by atoms with van der Waals surface area (Å²) in [4.78, 5) is 4.52. The maximum absolute atomic E-state index is 12.2. The van der Waals surface area contributed by atoms with Crippen LogP contribution >= 0.6 is 24.0 Å². The van der Waals surface area contributed by atoms with Crippen LogP contribution in [0.4, 0.5) is 13.2 Å². The van der Waals surface area contributed by atoms with Crippen LogP contribution in [0.1, 0.15) is 18.3 Å². The monoisotopic (exact) mass is 534 g/mol. The topological polar surface area (TPSA) is 75.8 Å². The van der Waals surface area contributed by atoms with Gasteiger partial charge in [0.2, 0.25) is 0 Å². The number of halogens is 4. The van der Waals surface area contributed by atoms with E-state index in [0.29, 0.717) is 32.0 Å². The minimum Gasteiger partial charge on any atom is -0.406 e. The van der Waals surface area contributed by atoms with Gasteiger partial charge in [-0.1, -0.05) is 18.2 Å². The summed E-state index contributed by atoms with van der Waals surface area (Å²) in [6.45, 7) is 3.56. The molecule has 11 heteroatoms. The predicted molar refractivity (Wildman–Crippen MR) is 118 cm³/mol. The van der Waals surface area contributed by atoms with Crippen molar-refractivity contribution in [1.82, 2.24) is 25.2 Å². The Kier molecular flexibility index (Phi) is 8.69. The van der Waals surface area contributed by atoms with Gasteiger partial charge in [-0.05, 0) is 43.2 Å². The maximum Gasteiger partial charge on any atom is 0.573 e. The van der Waals surface area contributed by atoms with Crippen molar-refractivity contribution in [3.05, 3.63) is 60.0 Å². The van der Waals surface area contributed by atoms with Crippen molar-refractivity contribution in [3.8, 4) is 5.75 Å². The molecular weight excluding hydrogens is 512 g/mol. The Labute approximate surface area is 188 Å². The van der Waals surface area contributed by atoms with E-state index < -0.39 is 6.36 Å². The van der Waals surface area contributed by atoms with Crippen molar-refractivity contribution in [2.24, 2.45) is 4.99 Å². The van der Waals surface area contributed by atoms with Gasteiger partial charge < -0.3 is 15.4 Å². The van der Waals surface area contributed by atoms with E-state index >= 15 is 0 Å². The normalized spacial score (nSPS) is 11.8. The molecule has 3 aromatic rings. The van der Waals surface area contributed by atoms with Gasteiger partial charge in [0.1, 0.15) is 12.3 Å². The molecule has 0 aliphatic rings. The third kappa shape index (κ3) is 7.04. The summed E-state index contributed by atoms with van der Waals surface area (Å²) in [7, 11) is 0. The zero-order valence-electron chi connectivity index (χ0n) is 16.2. The Morgan fingerprint density at radius 1 is 1.10 bits per heavy atom. The molecule has 162 valence electrons. The lowest BCUT2D eigenvalue weighted by Gasteiger charge is -2.12. The van der Waals surface area contributed by atoms with Crippen molar-refractivity contribution in [2.75, 3.05) is 13.1 Å². The molecule has 7 nitrogen and oxygen atoms in total. The molecule has 0 unspecified atom stereocenters. The fraction of sp³-hybridized carbons (Fsp3) is 0.316. The van der Waals surface area contributed by atoms with Crippen molar-refractivity contribution < 1.29 is 17.9 Å². The van der Waals surface area contributed by atoms with Crippen LogP contribution in [-0.4, -0.2) is 40.0 Å². The Hall–Kier alpha value is -2.57. The summed E-state index contributed by atoms with van der Waals surface area (Å²) >= 11 is 0. The van der Waals surface area contributed by atoms with Gasteiger partial charge in [-0.25, -0.2) is 4.99 Å². The molecule has 1 aromatic carbocycles. The largest absolute Gasteiger partial charge is 0.573 e. The minimum absolute atomic E-state index is 0. The molecule has 2 N–H and O–H groups in total. The second-order valence-electron chi connectivity index (χ2n) is 6.11. The first-order chi connectivity index (χ1) is 13.9. The highest BCUT2D eigenvalue weighted by atomic mass is 127. The number of rotatable bonds is 7. The Balaban J connectivity index is 0.00000320. The first-order valence-corrected chi connectivity index (χ1v) is 9.10. The molecule has 0 bridgehead atoms. The lowest BCUT2D eigenvalue weighted by molar-refractivity contribution is -0.274. The van der Waals surface area contributed by atoms with Gasteiger partial charge >= 0.3 is 6.36 Å². The van der Waals surface area contributed by atoms with Gasteiger partial charge in [0.15, 0.2) is 17.4 Å². The third-order valence-electron chi connectivity index (χ3n) is 3.97. The van der Waals surface area contributed by atoms with E-state index in [9.17, 15) is 13.2 Å². The first-order valence-electron chi connectivity index (χ1n) is 9.10. The molecule has 0 saturated carbocycles. The number of guanidine groups is 1. The average Bonchev–Trinajstić information content (AvgIpc) is 3.09. The van der Waals surface area contributed by atoms with E-state index in [1.807, 2.05) is 35.7 Å². The lowest BCUT2D eigenvalue weighted by atomic mass is 10.1. The number of hydrogen-bond acceptors (Lipinski definition) is 4. The molecule has 0 saturated heterocycles. The SMILES string of the molecule is CCNC(=NCc1nnc2ccccn12)NCCc1ccc(OC(F)(F)F)cc1.I. The number of fused-ring (bicyclic) bond motifs is 1. The van der Waals surface area contributed by atoms with Crippen LogP contribution in [0.5, 0.6) is 5.75 Å². The van der Waals surface area contributed by atoms with E-state index in [4.69, 9.17) is 0 Å². The van der Waals surface area contributed by atoms with Gasteiger partial charge in [-0.15, -0.1) is 47.3 Å². The molecule has 0 radical (unpaired) electrons. The number of alkyl halides is 3. The molecular formula is C19H22F3IN6O. The molecule has 0 spiro atoms. The fourth-order valence-corrected chi connectivity index (χ4v) is 2.67. The molecule has 0 amide bonds. The van der Waals surface area contributed by atoms with Crippen molar-refractivity contribution >= 4 is 35.6 Å². The van der Waals surface area contributed by atoms with E-state index in [-0.39, 0.29) is 29.7 Å². The summed E-state index contributed by atoms with van der Waals surface area (Å²) in [6.07, 6.45) is -2.19. The Bertz CT molecular complexity index is 959. The minimum atomic E-state index is -4.68. The van der Waals surface area contributed by atoms with Crippen LogP contribution in [0, 0.1) is 0 Å². The highest BCUT2D eigenvalue weighted by molar-refractivity contribution is 14.0. The second kappa shape index (κ2) is 11.0. The van der Waals surface area contributed by atoms with Crippen molar-refractivity contribution in [1.29, 1.82) is 0 Å². The van der Waals surface area contributed by atoms with Gasteiger partial charge in [-0.3, -0.25) is 4.40 Å². The van der Waals surface area contributed by atoms with Gasteiger partial charge in [0.25, 0.3) is 0 Å². The van der Waals surface area contributed by atoms with Crippen LogP contribution in [0.2, 0.25) is 0 Å². The van der Waals surface area contributed by atoms with Crippen LogP contribution in [0.15, 0.2) is 53.7 Å². The third-order valence-corrected chi connectivity index (χ3v) is 3.97. The zero-order valence-corrected chi connectivity index (χ0v) is 18.5. The molecule has 30 heavy (non-hydrogen) atoms. The highest BCUT2D eigenvalue weighted by Crippen LogP contribution is 2.22. The Morgan fingerprint density at radius 3 is 2.57 bits per heavy atom. The van der Waals surface area contributed by atoms with Crippen LogP contribution in [-0.2, 0) is 13.0 Å². The maximum atomic E-state index is 12.2. The number of benzene rings is 1. The summed E-state index contributed by atoms with van der Waals surface area (Å²) in [6, 6.07) is 11.5. The number of pyridine rings is 1. The number of aliphatic imine (C=N–C) groups is 1. The highest BCUT2D eigenvalue weighted by Gasteiger charge is 2.30. The van der Waals surface area contributed by atoms with E-state index in [1.165, 1.54) is 12.1 Å². The van der Waals surface area contributed by atoms with Gasteiger partial charge in [0, 0.05) is 19.3 Å². The smallest absolute Gasteiger partial charge is 0.406 e. The van der Waals surface area contributed by atoms with Crippen molar-refractivity contribution in [2.45, 2.75) is 26.3 Å². The van der Waals surface area contributed by atoms with E-state index in [2.05, 4.69) is 30.6 Å². The van der Waals surface area contributed by atoms with Crippen LogP contribution < -0.4 is 15.4 Å². The summed E-state index contributed by atoms with van der Waals surface area (Å²) in [5.74, 6) is 1.11. The van der Waals surface area contributed by atoms with Crippen LogP contribution in [0.3, 0.4) is 0 Å². The molecule has 2 aromatic heterocycles. The summed E-state index contributed by atoms with van der Waals surface area (Å²) < 4.78 is 42.4. The first kappa shape index (κ1) is 23.7. The lowest BCUT2D eigenvalue weighted by Crippen LogP contribution is -2.38. The molecule has 0 fully saturated rings. The summed E-state index contributed by atoms with van der Waals surface area (Å²) in [5, 5.41) is 14.6. The Morgan fingerprint density at radius 2 is 1.87 bits per heavy atom. The van der Waals surface area contributed by atoms with E-state index in [0.717, 1.165) is 17.0 Å².